The summed E-state index contributed by atoms with van der Waals surface area (Å²) in [6.07, 6.45) is 3.78. The van der Waals surface area contributed by atoms with E-state index in [1.807, 2.05) is 23.1 Å². The van der Waals surface area contributed by atoms with Crippen molar-refractivity contribution in [1.29, 1.82) is 0 Å². The first kappa shape index (κ1) is 27.9. The second-order valence-corrected chi connectivity index (χ2v) is 11.8. The predicted molar refractivity (Wildman–Crippen MR) is 187 cm³/mol. The molecule has 0 N–H and O–H groups in total. The number of benzene rings is 6. The molecule has 226 valence electrons. The van der Waals surface area contributed by atoms with Gasteiger partial charge >= 0.3 is 0 Å². The Morgan fingerprint density at radius 1 is 0.511 bits per heavy atom. The van der Waals surface area contributed by atoms with Crippen molar-refractivity contribution in [1.82, 2.24) is 9.78 Å². The third-order valence-electron chi connectivity index (χ3n) is 9.31. The molecule has 3 aliphatic heterocycles. The largest absolute Gasteiger partial charge is 0.493 e. The Balaban J connectivity index is 0.00000302. The topological polar surface area (TPSA) is 27.5 Å². The van der Waals surface area contributed by atoms with Crippen LogP contribution in [-0.2, 0) is 21.1 Å². The SMILES string of the molecule is [Pt].[c-]1c(N2[CH-]N(c3ccccc3)c3ccccc32)ccc2c1B1c3[c-]c(-n4cccn4)ccc3-c3ccccc3N1c1ccccc1-2. The van der Waals surface area contributed by atoms with E-state index in [4.69, 9.17) is 0 Å². The minimum Gasteiger partial charge on any atom is -0.493 e. The molecule has 0 radical (unpaired) electrons. The van der Waals surface area contributed by atoms with Gasteiger partial charge in [0.05, 0.1) is 0 Å². The van der Waals surface area contributed by atoms with Crippen molar-refractivity contribution in [3.63, 3.8) is 0 Å². The molecular weight excluding hydrogens is 756 g/mol. The van der Waals surface area contributed by atoms with Crippen LogP contribution in [0.1, 0.15) is 0 Å². The summed E-state index contributed by atoms with van der Waals surface area (Å²) in [5.41, 5.74) is 14.7. The third-order valence-corrected chi connectivity index (χ3v) is 9.31. The molecule has 0 saturated heterocycles. The van der Waals surface area contributed by atoms with Gasteiger partial charge in [-0.1, -0.05) is 77.9 Å². The summed E-state index contributed by atoms with van der Waals surface area (Å²) in [4.78, 5) is 6.99. The van der Waals surface area contributed by atoms with Crippen LogP contribution in [-0.4, -0.2) is 16.6 Å². The van der Waals surface area contributed by atoms with E-state index in [2.05, 4.69) is 166 Å². The van der Waals surface area contributed by atoms with Gasteiger partial charge < -0.3 is 14.6 Å². The van der Waals surface area contributed by atoms with Crippen molar-refractivity contribution in [3.8, 4) is 27.9 Å². The summed E-state index contributed by atoms with van der Waals surface area (Å²) < 4.78 is 1.89. The maximum Gasteiger partial charge on any atom is 0.278 e. The van der Waals surface area contributed by atoms with Crippen molar-refractivity contribution in [2.75, 3.05) is 14.6 Å². The van der Waals surface area contributed by atoms with Gasteiger partial charge in [-0.2, -0.15) is 40.3 Å². The normalized spacial score (nSPS) is 13.5. The van der Waals surface area contributed by atoms with E-state index < -0.39 is 0 Å². The molecule has 0 spiro atoms. The van der Waals surface area contributed by atoms with E-state index in [0.29, 0.717) is 0 Å². The monoisotopic (exact) mass is 781 g/mol. The molecule has 0 atom stereocenters. The zero-order valence-electron chi connectivity index (χ0n) is 25.1. The first-order valence-electron chi connectivity index (χ1n) is 15.5. The molecule has 0 saturated carbocycles. The fourth-order valence-electron chi connectivity index (χ4n) is 7.32. The average Bonchev–Trinajstić information content (AvgIpc) is 3.81. The molecule has 6 aromatic carbocycles. The van der Waals surface area contributed by atoms with E-state index in [-0.39, 0.29) is 27.9 Å². The summed E-state index contributed by atoms with van der Waals surface area (Å²) in [5, 5.41) is 4.53. The van der Waals surface area contributed by atoms with Crippen LogP contribution in [0.15, 0.2) is 146 Å². The Bertz CT molecular complexity index is 2290. The van der Waals surface area contributed by atoms with Crippen LogP contribution in [0.3, 0.4) is 0 Å². The van der Waals surface area contributed by atoms with Crippen molar-refractivity contribution < 1.29 is 21.1 Å². The van der Waals surface area contributed by atoms with Gasteiger partial charge in [0.1, 0.15) is 0 Å². The molecule has 5 nitrogen and oxygen atoms in total. The van der Waals surface area contributed by atoms with Gasteiger partial charge in [-0.3, -0.25) is 4.68 Å². The van der Waals surface area contributed by atoms with Crippen LogP contribution >= 0.6 is 0 Å². The number of nitrogens with zero attached hydrogens (tertiary/aromatic N) is 5. The van der Waals surface area contributed by atoms with Crippen molar-refractivity contribution in [2.24, 2.45) is 0 Å². The number of rotatable bonds is 3. The quantitative estimate of drug-likeness (QED) is 0.135. The number of hydrogen-bond acceptors (Lipinski definition) is 4. The Morgan fingerprint density at radius 2 is 1.06 bits per heavy atom. The predicted octanol–water partition coefficient (Wildman–Crippen LogP) is 7.78. The fourth-order valence-corrected chi connectivity index (χ4v) is 7.32. The van der Waals surface area contributed by atoms with Crippen LogP contribution in [0.5, 0.6) is 0 Å². The summed E-state index contributed by atoms with van der Waals surface area (Å²) in [6.45, 7) is 2.05. The zero-order chi connectivity index (χ0) is 30.2. The number of fused-ring (bicyclic) bond motifs is 12. The van der Waals surface area contributed by atoms with Crippen LogP contribution in [0.25, 0.3) is 27.9 Å². The maximum atomic E-state index is 4.53. The van der Waals surface area contributed by atoms with Gasteiger partial charge in [0, 0.05) is 61.9 Å². The standard InChI is InChI=1S/C40H25BN5.Pt/c1-2-11-28(12-3-1)43-27-44(40-18-9-8-17-39(40)43)29-19-21-31-33-13-4-6-15-37(33)46-38-16-7-5-14-34(38)32-22-20-30(45-24-10-23-42-45)26-36(32)41(46)35(31)25-29;/h1-24,27H;/q-3;. The smallest absolute Gasteiger partial charge is 0.278 e. The van der Waals surface area contributed by atoms with E-state index in [9.17, 15) is 0 Å². The summed E-state index contributed by atoms with van der Waals surface area (Å²) in [5.74, 6) is 0. The minimum absolute atomic E-state index is 0. The number of aromatic nitrogens is 2. The summed E-state index contributed by atoms with van der Waals surface area (Å²) >= 11 is 0. The van der Waals surface area contributed by atoms with Crippen LogP contribution in [0, 0.1) is 18.8 Å². The van der Waals surface area contributed by atoms with Crippen LogP contribution in [0.2, 0.25) is 0 Å². The number of hydrogen-bond donors (Lipinski definition) is 0. The molecule has 1 aromatic heterocycles. The molecule has 47 heavy (non-hydrogen) atoms. The number of anilines is 6. The second-order valence-electron chi connectivity index (χ2n) is 11.8. The number of para-hydroxylation sites is 5. The Hall–Kier alpha value is -5.32. The van der Waals surface area contributed by atoms with Crippen molar-refractivity contribution in [3.05, 3.63) is 165 Å². The van der Waals surface area contributed by atoms with E-state index >= 15 is 0 Å². The molecule has 0 amide bonds. The molecule has 0 unspecified atom stereocenters. The van der Waals surface area contributed by atoms with Gasteiger partial charge in [0.15, 0.2) is 0 Å². The van der Waals surface area contributed by atoms with Crippen molar-refractivity contribution >= 4 is 51.9 Å². The second kappa shape index (κ2) is 10.9. The van der Waals surface area contributed by atoms with Gasteiger partial charge in [-0.15, -0.1) is 35.6 Å². The fraction of sp³-hybridized carbons (Fsp3) is 0. The van der Waals surface area contributed by atoms with E-state index in [1.165, 1.54) is 33.6 Å². The molecule has 4 heterocycles. The Labute approximate surface area is 288 Å². The van der Waals surface area contributed by atoms with E-state index in [1.54, 1.807) is 0 Å². The van der Waals surface area contributed by atoms with Crippen LogP contribution in [0.4, 0.5) is 34.1 Å². The summed E-state index contributed by atoms with van der Waals surface area (Å²) in [6, 6.07) is 55.1. The van der Waals surface area contributed by atoms with Gasteiger partial charge in [0.2, 0.25) is 0 Å². The van der Waals surface area contributed by atoms with Crippen LogP contribution < -0.4 is 25.5 Å². The average molecular weight is 782 g/mol. The first-order chi connectivity index (χ1) is 22.8. The van der Waals surface area contributed by atoms with Crippen molar-refractivity contribution in [2.45, 2.75) is 0 Å². The molecule has 3 aliphatic rings. The molecule has 0 bridgehead atoms. The molecule has 0 fully saturated rings. The molecule has 7 heteroatoms. The summed E-state index contributed by atoms with van der Waals surface area (Å²) in [7, 11) is 0. The Morgan fingerprint density at radius 3 is 1.70 bits per heavy atom. The minimum atomic E-state index is -0.131. The molecular formula is C40H25BN5Pt-3. The van der Waals surface area contributed by atoms with Gasteiger partial charge in [-0.05, 0) is 48.2 Å². The maximum absolute atomic E-state index is 4.53. The third kappa shape index (κ3) is 4.18. The van der Waals surface area contributed by atoms with Gasteiger partial charge in [-0.25, -0.2) is 0 Å². The first-order valence-corrected chi connectivity index (χ1v) is 15.5. The molecule has 10 rings (SSSR count). The Kier molecular flexibility index (Phi) is 6.48. The molecule has 0 aliphatic carbocycles. The molecule has 7 aromatic rings. The zero-order valence-corrected chi connectivity index (χ0v) is 27.3. The van der Waals surface area contributed by atoms with Gasteiger partial charge in [0.25, 0.3) is 6.85 Å². The van der Waals surface area contributed by atoms with E-state index in [0.717, 1.165) is 39.4 Å².